The first-order valence-corrected chi connectivity index (χ1v) is 9.62. The van der Waals surface area contributed by atoms with Crippen molar-refractivity contribution in [1.29, 1.82) is 0 Å². The number of benzene rings is 3. The molecular formula is C22H17BrFN3O. The van der Waals surface area contributed by atoms with Crippen LogP contribution >= 0.6 is 15.9 Å². The molecule has 0 bridgehead atoms. The summed E-state index contributed by atoms with van der Waals surface area (Å²) in [6, 6.07) is 21.9. The molecule has 28 heavy (non-hydrogen) atoms. The number of fused-ring (bicyclic) bond motifs is 1. The lowest BCUT2D eigenvalue weighted by Crippen LogP contribution is -2.25. The number of rotatable bonds is 5. The van der Waals surface area contributed by atoms with Crippen LogP contribution in [0.3, 0.4) is 0 Å². The fraction of sp³-hybridized carbons (Fsp3) is 0.0909. The van der Waals surface area contributed by atoms with E-state index in [-0.39, 0.29) is 12.1 Å². The van der Waals surface area contributed by atoms with Crippen molar-refractivity contribution in [3.8, 4) is 0 Å². The van der Waals surface area contributed by atoms with Crippen molar-refractivity contribution in [2.24, 2.45) is 0 Å². The van der Waals surface area contributed by atoms with Gasteiger partial charge in [-0.3, -0.25) is 4.79 Å². The summed E-state index contributed by atoms with van der Waals surface area (Å²) in [6.45, 7) is 0.830. The van der Waals surface area contributed by atoms with E-state index in [1.807, 2.05) is 48.5 Å². The van der Waals surface area contributed by atoms with Crippen molar-refractivity contribution in [2.75, 3.05) is 0 Å². The molecule has 4 nitrogen and oxygen atoms in total. The molecule has 0 radical (unpaired) electrons. The highest BCUT2D eigenvalue weighted by Crippen LogP contribution is 2.19. The summed E-state index contributed by atoms with van der Waals surface area (Å²) in [5.41, 5.74) is 2.99. The van der Waals surface area contributed by atoms with Gasteiger partial charge >= 0.3 is 0 Å². The third-order valence-electron chi connectivity index (χ3n) is 4.51. The molecule has 1 N–H and O–H groups in total. The smallest absolute Gasteiger partial charge is 0.254 e. The average molecular weight is 438 g/mol. The quantitative estimate of drug-likeness (QED) is 0.481. The van der Waals surface area contributed by atoms with E-state index in [0.29, 0.717) is 12.4 Å². The molecule has 1 amide bonds. The van der Waals surface area contributed by atoms with E-state index in [4.69, 9.17) is 0 Å². The Bertz CT molecular complexity index is 1140. The van der Waals surface area contributed by atoms with Gasteiger partial charge < -0.3 is 9.88 Å². The first-order valence-electron chi connectivity index (χ1n) is 8.83. The van der Waals surface area contributed by atoms with E-state index in [1.54, 1.807) is 12.1 Å². The SMILES string of the molecule is O=C(NCc1nc2ccccc2n1Cc1ccc(Br)cc1)c1ccccc1F. The van der Waals surface area contributed by atoms with Gasteiger partial charge in [0.15, 0.2) is 0 Å². The number of carbonyl (C=O) groups excluding carboxylic acids is 1. The van der Waals surface area contributed by atoms with Crippen LogP contribution in [0.5, 0.6) is 0 Å². The van der Waals surface area contributed by atoms with Crippen LogP contribution in [-0.2, 0) is 13.1 Å². The van der Waals surface area contributed by atoms with Crippen molar-refractivity contribution >= 4 is 32.9 Å². The van der Waals surface area contributed by atoms with Gasteiger partial charge in [-0.05, 0) is 42.0 Å². The van der Waals surface area contributed by atoms with Gasteiger partial charge in [-0.2, -0.15) is 0 Å². The summed E-state index contributed by atoms with van der Waals surface area (Å²) in [4.78, 5) is 17.0. The van der Waals surface area contributed by atoms with E-state index >= 15 is 0 Å². The molecule has 1 heterocycles. The Hall–Kier alpha value is -2.99. The molecule has 4 aromatic rings. The summed E-state index contributed by atoms with van der Waals surface area (Å²) in [7, 11) is 0. The van der Waals surface area contributed by atoms with Gasteiger partial charge in [-0.1, -0.05) is 52.3 Å². The molecule has 0 aliphatic rings. The number of para-hydroxylation sites is 2. The van der Waals surface area contributed by atoms with Crippen LogP contribution in [0.1, 0.15) is 21.7 Å². The maximum Gasteiger partial charge on any atom is 0.254 e. The number of nitrogens with zero attached hydrogens (tertiary/aromatic N) is 2. The zero-order valence-electron chi connectivity index (χ0n) is 14.9. The molecule has 3 aromatic carbocycles. The molecule has 0 spiro atoms. The fourth-order valence-electron chi connectivity index (χ4n) is 3.11. The zero-order valence-corrected chi connectivity index (χ0v) is 16.5. The molecule has 0 saturated heterocycles. The lowest BCUT2D eigenvalue weighted by Gasteiger charge is -2.11. The van der Waals surface area contributed by atoms with Crippen molar-refractivity contribution in [3.05, 3.63) is 100 Å². The number of carbonyl (C=O) groups is 1. The maximum absolute atomic E-state index is 13.8. The lowest BCUT2D eigenvalue weighted by molar-refractivity contribution is 0.0945. The van der Waals surface area contributed by atoms with E-state index < -0.39 is 11.7 Å². The molecule has 0 saturated carbocycles. The lowest BCUT2D eigenvalue weighted by atomic mass is 10.2. The number of aromatic nitrogens is 2. The van der Waals surface area contributed by atoms with E-state index in [1.165, 1.54) is 12.1 Å². The average Bonchev–Trinajstić information content (AvgIpc) is 3.06. The number of imidazole rings is 1. The van der Waals surface area contributed by atoms with Gasteiger partial charge in [0, 0.05) is 11.0 Å². The van der Waals surface area contributed by atoms with Crippen LogP contribution in [0.4, 0.5) is 4.39 Å². The summed E-state index contributed by atoms with van der Waals surface area (Å²) >= 11 is 3.45. The minimum Gasteiger partial charge on any atom is -0.345 e. The highest BCUT2D eigenvalue weighted by Gasteiger charge is 2.14. The Kier molecular flexibility index (Phi) is 5.21. The molecule has 140 valence electrons. The Morgan fingerprint density at radius 2 is 1.71 bits per heavy atom. The van der Waals surface area contributed by atoms with Crippen LogP contribution in [0.2, 0.25) is 0 Å². The molecular weight excluding hydrogens is 421 g/mol. The van der Waals surface area contributed by atoms with Crippen LogP contribution in [0, 0.1) is 5.82 Å². The number of halogens is 2. The summed E-state index contributed by atoms with van der Waals surface area (Å²) in [5.74, 6) is -0.280. The second-order valence-electron chi connectivity index (χ2n) is 6.39. The molecule has 0 aliphatic carbocycles. The van der Waals surface area contributed by atoms with Crippen LogP contribution in [0.25, 0.3) is 11.0 Å². The van der Waals surface area contributed by atoms with Gasteiger partial charge in [0.05, 0.1) is 23.1 Å². The van der Waals surface area contributed by atoms with Gasteiger partial charge in [0.2, 0.25) is 0 Å². The molecule has 1 aromatic heterocycles. The number of nitrogens with one attached hydrogen (secondary N) is 1. The van der Waals surface area contributed by atoms with Gasteiger partial charge in [-0.25, -0.2) is 9.37 Å². The number of hydrogen-bond donors (Lipinski definition) is 1. The third kappa shape index (κ3) is 3.82. The minimum atomic E-state index is -0.539. The zero-order chi connectivity index (χ0) is 19.5. The molecule has 6 heteroatoms. The van der Waals surface area contributed by atoms with Crippen LogP contribution < -0.4 is 5.32 Å². The molecule has 0 fully saturated rings. The topological polar surface area (TPSA) is 46.9 Å². The summed E-state index contributed by atoms with van der Waals surface area (Å²) in [5, 5.41) is 2.78. The van der Waals surface area contributed by atoms with Crippen LogP contribution in [-0.4, -0.2) is 15.5 Å². The Morgan fingerprint density at radius 3 is 2.50 bits per heavy atom. The summed E-state index contributed by atoms with van der Waals surface area (Å²) < 4.78 is 16.9. The first kappa shape index (κ1) is 18.4. The second-order valence-corrected chi connectivity index (χ2v) is 7.31. The highest BCUT2D eigenvalue weighted by molar-refractivity contribution is 9.10. The van der Waals surface area contributed by atoms with Crippen molar-refractivity contribution in [2.45, 2.75) is 13.1 Å². The minimum absolute atomic E-state index is 0.0260. The standard InChI is InChI=1S/C22H17BrFN3O/c23-16-11-9-15(10-12-16)14-27-20-8-4-3-7-19(20)26-21(27)13-25-22(28)17-5-1-2-6-18(17)24/h1-12H,13-14H2,(H,25,28). The normalized spacial score (nSPS) is 10.9. The fourth-order valence-corrected chi connectivity index (χ4v) is 3.37. The molecule has 0 aliphatic heterocycles. The van der Waals surface area contributed by atoms with E-state index in [0.717, 1.165) is 21.1 Å². The second kappa shape index (κ2) is 7.94. The number of amides is 1. The van der Waals surface area contributed by atoms with Gasteiger partial charge in [0.1, 0.15) is 11.6 Å². The Morgan fingerprint density at radius 1 is 1.00 bits per heavy atom. The van der Waals surface area contributed by atoms with Crippen LogP contribution in [0.15, 0.2) is 77.3 Å². The molecule has 4 rings (SSSR count). The van der Waals surface area contributed by atoms with Crippen molar-refractivity contribution < 1.29 is 9.18 Å². The largest absolute Gasteiger partial charge is 0.345 e. The van der Waals surface area contributed by atoms with E-state index in [9.17, 15) is 9.18 Å². The van der Waals surface area contributed by atoms with E-state index in [2.05, 4.69) is 30.8 Å². The van der Waals surface area contributed by atoms with Crippen molar-refractivity contribution in [3.63, 3.8) is 0 Å². The third-order valence-corrected chi connectivity index (χ3v) is 5.04. The first-order chi connectivity index (χ1) is 13.6. The maximum atomic E-state index is 13.8. The monoisotopic (exact) mass is 437 g/mol. The Labute approximate surface area is 170 Å². The molecule has 0 atom stereocenters. The van der Waals surface area contributed by atoms with Crippen molar-refractivity contribution in [1.82, 2.24) is 14.9 Å². The molecule has 0 unspecified atom stereocenters. The predicted octanol–water partition coefficient (Wildman–Crippen LogP) is 4.92. The van der Waals surface area contributed by atoms with Gasteiger partial charge in [0.25, 0.3) is 5.91 Å². The van der Waals surface area contributed by atoms with Gasteiger partial charge in [-0.15, -0.1) is 0 Å². The predicted molar refractivity (Wildman–Crippen MR) is 111 cm³/mol. The Balaban J connectivity index is 1.62. The highest BCUT2D eigenvalue weighted by atomic mass is 79.9. The number of hydrogen-bond acceptors (Lipinski definition) is 2. The summed E-state index contributed by atoms with van der Waals surface area (Å²) in [6.07, 6.45) is 0.